The van der Waals surface area contributed by atoms with Crippen molar-refractivity contribution in [1.82, 2.24) is 10.4 Å². The van der Waals surface area contributed by atoms with E-state index in [4.69, 9.17) is 11.6 Å². The van der Waals surface area contributed by atoms with E-state index in [0.717, 1.165) is 20.4 Å². The topological polar surface area (TPSA) is 54.4 Å². The van der Waals surface area contributed by atoms with Crippen LogP contribution in [0.15, 0.2) is 87.9 Å². The van der Waals surface area contributed by atoms with Crippen molar-refractivity contribution >= 4 is 35.5 Å². The first kappa shape index (κ1) is 17.2. The van der Waals surface area contributed by atoms with E-state index < -0.39 is 0 Å². The molecule has 1 amide bonds. The fourth-order valence-electron chi connectivity index (χ4n) is 1.99. The molecule has 1 heterocycles. The monoisotopic (exact) mass is 367 g/mol. The van der Waals surface area contributed by atoms with Gasteiger partial charge in [-0.1, -0.05) is 35.5 Å². The van der Waals surface area contributed by atoms with Gasteiger partial charge in [0.15, 0.2) is 0 Å². The van der Waals surface area contributed by atoms with Gasteiger partial charge in [-0.2, -0.15) is 5.10 Å². The molecule has 0 aliphatic heterocycles. The summed E-state index contributed by atoms with van der Waals surface area (Å²) in [5, 5.41) is 4.69. The number of pyridine rings is 1. The summed E-state index contributed by atoms with van der Waals surface area (Å²) in [5.41, 5.74) is 3.84. The second kappa shape index (κ2) is 8.46. The Bertz CT molecular complexity index is 865. The molecule has 0 aliphatic carbocycles. The van der Waals surface area contributed by atoms with Gasteiger partial charge in [-0.3, -0.25) is 9.78 Å². The van der Waals surface area contributed by atoms with Crippen molar-refractivity contribution in [1.29, 1.82) is 0 Å². The Kier molecular flexibility index (Phi) is 5.82. The second-order valence-corrected chi connectivity index (χ2v) is 6.65. The van der Waals surface area contributed by atoms with E-state index in [1.165, 1.54) is 6.20 Å². The van der Waals surface area contributed by atoms with Crippen LogP contribution in [0.2, 0.25) is 5.02 Å². The van der Waals surface area contributed by atoms with E-state index in [0.29, 0.717) is 5.56 Å². The minimum Gasteiger partial charge on any atom is -0.267 e. The summed E-state index contributed by atoms with van der Waals surface area (Å²) in [6, 6.07) is 19.0. The van der Waals surface area contributed by atoms with Gasteiger partial charge in [-0.25, -0.2) is 5.43 Å². The third-order valence-electron chi connectivity index (χ3n) is 3.23. The number of hydrogen-bond acceptors (Lipinski definition) is 4. The molecule has 1 N–H and O–H groups in total. The lowest BCUT2D eigenvalue weighted by molar-refractivity contribution is 0.0955. The zero-order valence-corrected chi connectivity index (χ0v) is 14.7. The number of nitrogens with zero attached hydrogens (tertiary/aromatic N) is 2. The lowest BCUT2D eigenvalue weighted by Gasteiger charge is -2.02. The van der Waals surface area contributed by atoms with Gasteiger partial charge >= 0.3 is 0 Å². The molecule has 2 aromatic carbocycles. The quantitative estimate of drug-likeness (QED) is 0.527. The number of hydrogen-bond donors (Lipinski definition) is 1. The third kappa shape index (κ3) is 5.17. The summed E-state index contributed by atoms with van der Waals surface area (Å²) < 4.78 is 0. The molecule has 0 unspecified atom stereocenters. The van der Waals surface area contributed by atoms with E-state index in [1.807, 2.05) is 48.5 Å². The molecule has 0 bridgehead atoms. The Morgan fingerprint density at radius 3 is 2.36 bits per heavy atom. The summed E-state index contributed by atoms with van der Waals surface area (Å²) in [6.45, 7) is 0. The van der Waals surface area contributed by atoms with Crippen molar-refractivity contribution in [3.05, 3.63) is 89.2 Å². The first-order valence-electron chi connectivity index (χ1n) is 7.47. The van der Waals surface area contributed by atoms with Gasteiger partial charge in [0.1, 0.15) is 0 Å². The predicted molar refractivity (Wildman–Crippen MR) is 101 cm³/mol. The highest BCUT2D eigenvalue weighted by atomic mass is 35.5. The molecule has 4 nitrogen and oxygen atoms in total. The molecule has 0 atom stereocenters. The maximum atomic E-state index is 11.8. The standard InChI is InChI=1S/C19H14ClN3OS/c20-16-5-9-18(10-6-16)25-17-7-3-14(4-8-17)12-22-23-19(24)15-2-1-11-21-13-15/h1-13H,(H,23,24)/b22-12-. The van der Waals surface area contributed by atoms with E-state index in [9.17, 15) is 4.79 Å². The molecule has 25 heavy (non-hydrogen) atoms. The molecule has 0 saturated carbocycles. The first-order valence-corrected chi connectivity index (χ1v) is 8.67. The maximum absolute atomic E-state index is 11.8. The Morgan fingerprint density at radius 2 is 1.72 bits per heavy atom. The minimum atomic E-state index is -0.292. The van der Waals surface area contributed by atoms with Crippen LogP contribution in [0.4, 0.5) is 0 Å². The minimum absolute atomic E-state index is 0.292. The molecule has 3 aromatic rings. The molecule has 6 heteroatoms. The molecule has 3 rings (SSSR count). The predicted octanol–water partition coefficient (Wildman–Crippen LogP) is 4.65. The summed E-state index contributed by atoms with van der Waals surface area (Å²) in [6.07, 6.45) is 4.71. The molecule has 0 fully saturated rings. The van der Waals surface area contributed by atoms with E-state index in [-0.39, 0.29) is 5.91 Å². The van der Waals surface area contributed by atoms with Crippen molar-refractivity contribution < 1.29 is 4.79 Å². The maximum Gasteiger partial charge on any atom is 0.272 e. The summed E-state index contributed by atoms with van der Waals surface area (Å²) in [4.78, 5) is 18.0. The van der Waals surface area contributed by atoms with Crippen LogP contribution < -0.4 is 5.43 Å². The molecule has 0 aliphatic rings. The van der Waals surface area contributed by atoms with Gasteiger partial charge in [0, 0.05) is 27.2 Å². The third-order valence-corrected chi connectivity index (χ3v) is 4.50. The van der Waals surface area contributed by atoms with Crippen LogP contribution >= 0.6 is 23.4 Å². The fraction of sp³-hybridized carbons (Fsp3) is 0. The number of rotatable bonds is 5. The van der Waals surface area contributed by atoms with Gasteiger partial charge in [-0.15, -0.1) is 0 Å². The van der Waals surface area contributed by atoms with Crippen LogP contribution in [0, 0.1) is 0 Å². The zero-order valence-electron chi connectivity index (χ0n) is 13.1. The van der Waals surface area contributed by atoms with E-state index >= 15 is 0 Å². The average Bonchev–Trinajstić information content (AvgIpc) is 2.66. The first-order chi connectivity index (χ1) is 12.2. The molecular formula is C19H14ClN3OS. The Balaban J connectivity index is 1.57. The van der Waals surface area contributed by atoms with Crippen LogP contribution in [0.3, 0.4) is 0 Å². The van der Waals surface area contributed by atoms with E-state index in [1.54, 1.807) is 36.3 Å². The second-order valence-electron chi connectivity index (χ2n) is 5.07. The van der Waals surface area contributed by atoms with Gasteiger partial charge in [0.2, 0.25) is 0 Å². The summed E-state index contributed by atoms with van der Waals surface area (Å²) >= 11 is 7.54. The van der Waals surface area contributed by atoms with E-state index in [2.05, 4.69) is 15.5 Å². The van der Waals surface area contributed by atoms with Crippen molar-refractivity contribution in [2.24, 2.45) is 5.10 Å². The van der Waals surface area contributed by atoms with Gasteiger partial charge < -0.3 is 0 Å². The number of hydrazone groups is 1. The average molecular weight is 368 g/mol. The number of carbonyl (C=O) groups excluding carboxylic acids is 1. The van der Waals surface area contributed by atoms with Gasteiger partial charge in [-0.05, 0) is 54.1 Å². The van der Waals surface area contributed by atoms with Crippen LogP contribution in [-0.2, 0) is 0 Å². The normalized spacial score (nSPS) is 10.8. The van der Waals surface area contributed by atoms with Gasteiger partial charge in [0.05, 0.1) is 11.8 Å². The summed E-state index contributed by atoms with van der Waals surface area (Å²) in [5.74, 6) is -0.292. The molecule has 0 saturated heterocycles. The number of amides is 1. The molecule has 124 valence electrons. The lowest BCUT2D eigenvalue weighted by Crippen LogP contribution is -2.17. The number of nitrogens with one attached hydrogen (secondary N) is 1. The summed E-state index contributed by atoms with van der Waals surface area (Å²) in [7, 11) is 0. The SMILES string of the molecule is O=C(N/N=C\c1ccc(Sc2ccc(Cl)cc2)cc1)c1cccnc1. The highest BCUT2D eigenvalue weighted by Gasteiger charge is 2.02. The smallest absolute Gasteiger partial charge is 0.267 e. The molecular weight excluding hydrogens is 354 g/mol. The highest BCUT2D eigenvalue weighted by Crippen LogP contribution is 2.28. The Labute approximate surface area is 154 Å². The molecule has 1 aromatic heterocycles. The van der Waals surface area contributed by atoms with Crippen molar-refractivity contribution in [2.75, 3.05) is 0 Å². The fourth-order valence-corrected chi connectivity index (χ4v) is 2.93. The van der Waals surface area contributed by atoms with Crippen LogP contribution in [0.5, 0.6) is 0 Å². The van der Waals surface area contributed by atoms with Crippen LogP contribution in [0.25, 0.3) is 0 Å². The Morgan fingerprint density at radius 1 is 1.04 bits per heavy atom. The molecule has 0 radical (unpaired) electrons. The van der Waals surface area contributed by atoms with Crippen molar-refractivity contribution in [3.63, 3.8) is 0 Å². The number of halogens is 1. The Hall–Kier alpha value is -2.63. The number of carbonyl (C=O) groups is 1. The van der Waals surface area contributed by atoms with Crippen LogP contribution in [-0.4, -0.2) is 17.1 Å². The largest absolute Gasteiger partial charge is 0.272 e. The lowest BCUT2D eigenvalue weighted by atomic mass is 10.2. The van der Waals surface area contributed by atoms with Crippen LogP contribution in [0.1, 0.15) is 15.9 Å². The zero-order chi connectivity index (χ0) is 17.5. The van der Waals surface area contributed by atoms with Crippen molar-refractivity contribution in [2.45, 2.75) is 9.79 Å². The van der Waals surface area contributed by atoms with Gasteiger partial charge in [0.25, 0.3) is 5.91 Å². The number of aromatic nitrogens is 1. The number of benzene rings is 2. The highest BCUT2D eigenvalue weighted by molar-refractivity contribution is 7.99. The van der Waals surface area contributed by atoms with Crippen molar-refractivity contribution in [3.8, 4) is 0 Å². The molecule has 0 spiro atoms.